The number of ether oxygens (including phenoxy) is 1. The van der Waals surface area contributed by atoms with Gasteiger partial charge in [-0.1, -0.05) is 23.7 Å². The third-order valence-corrected chi connectivity index (χ3v) is 7.50. The van der Waals surface area contributed by atoms with Gasteiger partial charge in [0, 0.05) is 43.6 Å². The number of benzene rings is 2. The van der Waals surface area contributed by atoms with Crippen molar-refractivity contribution >= 4 is 39.3 Å². The molecular formula is C21H27ClN2O4S2. The number of carbonyl (C=O) groups excluding carboxylic acids is 1. The lowest BCUT2D eigenvalue weighted by Gasteiger charge is -2.14. The van der Waals surface area contributed by atoms with Crippen molar-refractivity contribution in [2.45, 2.75) is 23.5 Å². The van der Waals surface area contributed by atoms with E-state index in [0.717, 1.165) is 20.8 Å². The molecule has 164 valence electrons. The second-order valence-corrected chi connectivity index (χ2v) is 10.5. The van der Waals surface area contributed by atoms with E-state index in [9.17, 15) is 13.2 Å². The van der Waals surface area contributed by atoms with Gasteiger partial charge in [0.15, 0.2) is 0 Å². The van der Waals surface area contributed by atoms with Gasteiger partial charge in [-0.25, -0.2) is 12.7 Å². The number of carbonyl (C=O) groups is 1. The molecule has 0 spiro atoms. The highest BCUT2D eigenvalue weighted by atomic mass is 35.5. The fourth-order valence-electron chi connectivity index (χ4n) is 2.69. The van der Waals surface area contributed by atoms with Crippen LogP contribution in [0.4, 0.5) is 0 Å². The number of sulfonamides is 1. The maximum atomic E-state index is 12.3. The molecule has 6 nitrogen and oxygen atoms in total. The zero-order valence-electron chi connectivity index (χ0n) is 17.4. The number of methoxy groups -OCH3 is 1. The minimum Gasteiger partial charge on any atom is -0.496 e. The molecule has 0 aromatic heterocycles. The highest BCUT2D eigenvalue weighted by molar-refractivity contribution is 7.98. The molecule has 0 bridgehead atoms. The average molecular weight is 471 g/mol. The number of thioether (sulfide) groups is 1. The molecule has 9 heteroatoms. The number of halogens is 1. The van der Waals surface area contributed by atoms with Crippen LogP contribution in [0.5, 0.6) is 5.75 Å². The van der Waals surface area contributed by atoms with Gasteiger partial charge in [0.25, 0.3) is 0 Å². The van der Waals surface area contributed by atoms with Crippen molar-refractivity contribution in [3.05, 3.63) is 58.6 Å². The second-order valence-electron chi connectivity index (χ2n) is 6.79. The molecule has 2 aromatic carbocycles. The van der Waals surface area contributed by atoms with Crippen LogP contribution in [0.15, 0.2) is 47.4 Å². The lowest BCUT2D eigenvalue weighted by atomic mass is 10.1. The number of hydrogen-bond donors (Lipinski definition) is 1. The first-order valence-corrected chi connectivity index (χ1v) is 12.4. The van der Waals surface area contributed by atoms with Crippen molar-refractivity contribution in [3.8, 4) is 5.75 Å². The Balaban J connectivity index is 1.81. The first-order chi connectivity index (χ1) is 14.2. The van der Waals surface area contributed by atoms with Crippen molar-refractivity contribution in [1.82, 2.24) is 9.62 Å². The quantitative estimate of drug-likeness (QED) is 0.508. The summed E-state index contributed by atoms with van der Waals surface area (Å²) in [6, 6.07) is 12.4. The number of aryl methyl sites for hydroxylation is 1. The van der Waals surface area contributed by atoms with Crippen molar-refractivity contribution in [1.29, 1.82) is 0 Å². The van der Waals surface area contributed by atoms with E-state index in [1.807, 2.05) is 24.3 Å². The Morgan fingerprint density at radius 2 is 1.87 bits per heavy atom. The molecule has 0 atom stereocenters. The highest BCUT2D eigenvalue weighted by Gasteiger charge is 2.19. The van der Waals surface area contributed by atoms with E-state index in [1.54, 1.807) is 23.9 Å². The molecule has 2 aromatic rings. The van der Waals surface area contributed by atoms with Gasteiger partial charge in [-0.3, -0.25) is 4.79 Å². The van der Waals surface area contributed by atoms with Crippen LogP contribution in [0.1, 0.15) is 17.5 Å². The Morgan fingerprint density at radius 1 is 1.17 bits per heavy atom. The third-order valence-electron chi connectivity index (χ3n) is 4.40. The lowest BCUT2D eigenvalue weighted by molar-refractivity contribution is -0.120. The Labute approximate surface area is 188 Å². The zero-order chi connectivity index (χ0) is 22.1. The van der Waals surface area contributed by atoms with Crippen molar-refractivity contribution in [3.63, 3.8) is 0 Å². The van der Waals surface area contributed by atoms with Gasteiger partial charge >= 0.3 is 0 Å². The Bertz CT molecular complexity index is 948. The van der Waals surface area contributed by atoms with Crippen LogP contribution >= 0.6 is 23.4 Å². The predicted octanol–water partition coefficient (Wildman–Crippen LogP) is 3.58. The summed E-state index contributed by atoms with van der Waals surface area (Å²) in [5, 5.41) is 3.62. The minimum atomic E-state index is -3.54. The minimum absolute atomic E-state index is 0.0787. The van der Waals surface area contributed by atoms with Gasteiger partial charge in [0.05, 0.1) is 12.0 Å². The monoisotopic (exact) mass is 470 g/mol. The van der Waals surface area contributed by atoms with Crippen molar-refractivity contribution in [2.24, 2.45) is 0 Å². The van der Waals surface area contributed by atoms with Crippen LogP contribution in [-0.4, -0.2) is 52.1 Å². The van der Waals surface area contributed by atoms with Crippen LogP contribution in [-0.2, 0) is 27.0 Å². The predicted molar refractivity (Wildman–Crippen MR) is 123 cm³/mol. The molecule has 0 saturated heterocycles. The van der Waals surface area contributed by atoms with E-state index >= 15 is 0 Å². The molecule has 0 aliphatic heterocycles. The van der Waals surface area contributed by atoms with Gasteiger partial charge in [-0.2, -0.15) is 11.8 Å². The molecule has 0 fully saturated rings. The Kier molecular flexibility index (Phi) is 9.48. The maximum absolute atomic E-state index is 12.3. The van der Waals surface area contributed by atoms with Crippen LogP contribution < -0.4 is 10.1 Å². The fraction of sp³-hybridized carbons (Fsp3) is 0.381. The zero-order valence-corrected chi connectivity index (χ0v) is 19.7. The van der Waals surface area contributed by atoms with E-state index in [2.05, 4.69) is 5.32 Å². The molecular weight excluding hydrogens is 444 g/mol. The summed E-state index contributed by atoms with van der Waals surface area (Å²) in [7, 11) is 0.951. The third kappa shape index (κ3) is 7.19. The molecule has 0 aliphatic carbocycles. The largest absolute Gasteiger partial charge is 0.496 e. The molecule has 0 radical (unpaired) electrons. The molecule has 30 heavy (non-hydrogen) atoms. The van der Waals surface area contributed by atoms with Gasteiger partial charge in [-0.05, 0) is 47.9 Å². The standard InChI is InChI=1S/C21H27ClN2O4S2/c1-24(2)30(26,27)19-9-10-20(28-3)17(14-19)6-11-21(25)23-12-13-29-15-16-4-7-18(22)8-5-16/h4-5,7-10,14H,6,11-13,15H2,1-3H3,(H,23,25). The number of nitrogens with one attached hydrogen (secondary N) is 1. The molecule has 0 saturated carbocycles. The summed E-state index contributed by atoms with van der Waals surface area (Å²) in [5.41, 5.74) is 1.88. The second kappa shape index (κ2) is 11.6. The SMILES string of the molecule is COc1ccc(S(=O)(=O)N(C)C)cc1CCC(=O)NCCSCc1ccc(Cl)cc1. The van der Waals surface area contributed by atoms with E-state index in [1.165, 1.54) is 32.8 Å². The first-order valence-electron chi connectivity index (χ1n) is 9.42. The summed E-state index contributed by atoms with van der Waals surface area (Å²) < 4.78 is 31.2. The lowest BCUT2D eigenvalue weighted by Crippen LogP contribution is -2.26. The van der Waals surface area contributed by atoms with Gasteiger partial charge < -0.3 is 10.1 Å². The number of nitrogens with zero attached hydrogens (tertiary/aromatic N) is 1. The molecule has 1 N–H and O–H groups in total. The smallest absolute Gasteiger partial charge is 0.242 e. The number of hydrogen-bond acceptors (Lipinski definition) is 5. The number of amides is 1. The summed E-state index contributed by atoms with van der Waals surface area (Å²) in [5.74, 6) is 2.15. The molecule has 1 amide bonds. The first kappa shape index (κ1) is 24.5. The average Bonchev–Trinajstić information content (AvgIpc) is 2.72. The normalized spacial score (nSPS) is 11.5. The van der Waals surface area contributed by atoms with Gasteiger partial charge in [-0.15, -0.1) is 0 Å². The van der Waals surface area contributed by atoms with E-state index in [-0.39, 0.29) is 17.2 Å². The number of rotatable bonds is 11. The molecule has 2 rings (SSSR count). The molecule has 0 unspecified atom stereocenters. The van der Waals surface area contributed by atoms with Crippen LogP contribution in [0.25, 0.3) is 0 Å². The molecule has 0 heterocycles. The fourth-order valence-corrected chi connectivity index (χ4v) is 4.59. The van der Waals surface area contributed by atoms with Gasteiger partial charge in [0.2, 0.25) is 15.9 Å². The van der Waals surface area contributed by atoms with E-state index in [4.69, 9.17) is 16.3 Å². The van der Waals surface area contributed by atoms with Crippen molar-refractivity contribution < 1.29 is 17.9 Å². The summed E-state index contributed by atoms with van der Waals surface area (Å²) >= 11 is 7.61. The van der Waals surface area contributed by atoms with Crippen LogP contribution in [0.3, 0.4) is 0 Å². The van der Waals surface area contributed by atoms with Gasteiger partial charge in [0.1, 0.15) is 5.75 Å². The Morgan fingerprint density at radius 3 is 2.50 bits per heavy atom. The van der Waals surface area contributed by atoms with E-state index in [0.29, 0.717) is 24.3 Å². The summed E-state index contributed by atoms with van der Waals surface area (Å²) in [4.78, 5) is 12.4. The molecule has 0 aliphatic rings. The van der Waals surface area contributed by atoms with E-state index < -0.39 is 10.0 Å². The highest BCUT2D eigenvalue weighted by Crippen LogP contribution is 2.25. The van der Waals surface area contributed by atoms with Crippen LogP contribution in [0, 0.1) is 0 Å². The Hall–Kier alpha value is -1.74. The topological polar surface area (TPSA) is 75.7 Å². The van der Waals surface area contributed by atoms with Crippen LogP contribution in [0.2, 0.25) is 5.02 Å². The summed E-state index contributed by atoms with van der Waals surface area (Å²) in [6.45, 7) is 0.573. The van der Waals surface area contributed by atoms with Crippen molar-refractivity contribution in [2.75, 3.05) is 33.5 Å². The maximum Gasteiger partial charge on any atom is 0.242 e. The summed E-state index contributed by atoms with van der Waals surface area (Å²) in [6.07, 6.45) is 0.646.